The highest BCUT2D eigenvalue weighted by Crippen LogP contribution is 2.16. The highest BCUT2D eigenvalue weighted by molar-refractivity contribution is 5.41. The first-order chi connectivity index (χ1) is 9.29. The minimum atomic E-state index is -0.193. The molecule has 19 heavy (non-hydrogen) atoms. The Morgan fingerprint density at radius 1 is 1.32 bits per heavy atom. The van der Waals surface area contributed by atoms with Gasteiger partial charge >= 0.3 is 0 Å². The highest BCUT2D eigenvalue weighted by Gasteiger charge is 2.18. The lowest BCUT2D eigenvalue weighted by Crippen LogP contribution is -2.37. The van der Waals surface area contributed by atoms with Crippen molar-refractivity contribution in [3.05, 3.63) is 35.4 Å². The Bertz CT molecular complexity index is 461. The van der Waals surface area contributed by atoms with Crippen molar-refractivity contribution in [1.29, 1.82) is 0 Å². The molecule has 1 fully saturated rings. The topological polar surface area (TPSA) is 43.7 Å². The molecule has 0 saturated carbocycles. The van der Waals surface area contributed by atoms with E-state index in [4.69, 9.17) is 5.11 Å². The van der Waals surface area contributed by atoms with Gasteiger partial charge in [-0.25, -0.2) is 0 Å². The van der Waals surface area contributed by atoms with Crippen molar-refractivity contribution in [1.82, 2.24) is 4.90 Å². The van der Waals surface area contributed by atoms with Gasteiger partial charge in [-0.1, -0.05) is 30.0 Å². The predicted octanol–water partition coefficient (Wildman–Crippen LogP) is 1.38. The summed E-state index contributed by atoms with van der Waals surface area (Å²) in [4.78, 5) is 2.28. The standard InChI is InChI=1S/C16H21NO2/c18-11-4-3-7-14-6-1-2-8-15(14)12-17-10-5-9-16(19)13-17/h1-2,6,8,16,18-19H,4-5,9-13H2. The summed E-state index contributed by atoms with van der Waals surface area (Å²) < 4.78 is 0. The number of aliphatic hydroxyl groups is 2. The van der Waals surface area contributed by atoms with Gasteiger partial charge in [-0.05, 0) is 31.0 Å². The van der Waals surface area contributed by atoms with Gasteiger partial charge in [0, 0.05) is 25.1 Å². The summed E-state index contributed by atoms with van der Waals surface area (Å²) in [6, 6.07) is 8.11. The van der Waals surface area contributed by atoms with Crippen molar-refractivity contribution in [3.63, 3.8) is 0 Å². The smallest absolute Gasteiger partial charge is 0.0667 e. The van der Waals surface area contributed by atoms with Crippen LogP contribution in [0.1, 0.15) is 30.4 Å². The summed E-state index contributed by atoms with van der Waals surface area (Å²) in [5.41, 5.74) is 2.22. The van der Waals surface area contributed by atoms with Crippen LogP contribution in [0.3, 0.4) is 0 Å². The molecule has 1 heterocycles. The zero-order valence-corrected chi connectivity index (χ0v) is 11.2. The van der Waals surface area contributed by atoms with Crippen molar-refractivity contribution < 1.29 is 10.2 Å². The number of likely N-dealkylation sites (tertiary alicyclic amines) is 1. The van der Waals surface area contributed by atoms with Gasteiger partial charge in [0.1, 0.15) is 0 Å². The number of benzene rings is 1. The number of piperidine rings is 1. The fourth-order valence-corrected chi connectivity index (χ4v) is 2.41. The Hall–Kier alpha value is -1.34. The van der Waals surface area contributed by atoms with Crippen LogP contribution in [0.4, 0.5) is 0 Å². The van der Waals surface area contributed by atoms with Crippen LogP contribution in [0.15, 0.2) is 24.3 Å². The molecule has 1 aliphatic rings. The fraction of sp³-hybridized carbons (Fsp3) is 0.500. The Morgan fingerprint density at radius 2 is 2.16 bits per heavy atom. The molecule has 2 rings (SSSR count). The molecular formula is C16H21NO2. The van der Waals surface area contributed by atoms with Gasteiger partial charge in [0.15, 0.2) is 0 Å². The lowest BCUT2D eigenvalue weighted by atomic mass is 10.0. The quantitative estimate of drug-likeness (QED) is 0.806. The molecule has 0 aromatic heterocycles. The molecule has 3 nitrogen and oxygen atoms in total. The summed E-state index contributed by atoms with van der Waals surface area (Å²) in [6.07, 6.45) is 2.28. The van der Waals surface area contributed by atoms with Crippen molar-refractivity contribution >= 4 is 0 Å². The molecule has 1 aliphatic heterocycles. The van der Waals surface area contributed by atoms with Gasteiger partial charge in [0.05, 0.1) is 12.7 Å². The molecule has 102 valence electrons. The molecule has 0 radical (unpaired) electrons. The Kier molecular flexibility index (Phi) is 5.41. The summed E-state index contributed by atoms with van der Waals surface area (Å²) >= 11 is 0. The van der Waals surface area contributed by atoms with Crippen molar-refractivity contribution in [3.8, 4) is 11.8 Å². The van der Waals surface area contributed by atoms with Crippen LogP contribution in [0.5, 0.6) is 0 Å². The van der Waals surface area contributed by atoms with Crippen molar-refractivity contribution in [2.24, 2.45) is 0 Å². The first-order valence-corrected chi connectivity index (χ1v) is 6.87. The maximum Gasteiger partial charge on any atom is 0.0667 e. The van der Waals surface area contributed by atoms with Gasteiger partial charge in [-0.3, -0.25) is 4.90 Å². The van der Waals surface area contributed by atoms with E-state index in [0.29, 0.717) is 6.42 Å². The van der Waals surface area contributed by atoms with Gasteiger partial charge in [0.2, 0.25) is 0 Å². The lowest BCUT2D eigenvalue weighted by molar-refractivity contribution is 0.0668. The van der Waals surface area contributed by atoms with Crippen LogP contribution in [0.2, 0.25) is 0 Å². The van der Waals surface area contributed by atoms with E-state index in [1.807, 2.05) is 18.2 Å². The van der Waals surface area contributed by atoms with E-state index in [-0.39, 0.29) is 12.7 Å². The molecule has 1 saturated heterocycles. The first-order valence-electron chi connectivity index (χ1n) is 6.87. The zero-order chi connectivity index (χ0) is 13.5. The first kappa shape index (κ1) is 14.1. The monoisotopic (exact) mass is 259 g/mol. The SMILES string of the molecule is OCCC#Cc1ccccc1CN1CCCC(O)C1. The highest BCUT2D eigenvalue weighted by atomic mass is 16.3. The molecule has 1 atom stereocenters. The maximum absolute atomic E-state index is 9.70. The molecule has 3 heteroatoms. The second-order valence-electron chi connectivity index (χ2n) is 4.96. The normalized spacial score (nSPS) is 19.8. The van der Waals surface area contributed by atoms with E-state index in [1.165, 1.54) is 5.56 Å². The third kappa shape index (κ3) is 4.36. The summed E-state index contributed by atoms with van der Waals surface area (Å²) in [5, 5.41) is 18.5. The van der Waals surface area contributed by atoms with E-state index in [1.54, 1.807) is 0 Å². The van der Waals surface area contributed by atoms with Gasteiger partial charge < -0.3 is 10.2 Å². The second-order valence-corrected chi connectivity index (χ2v) is 4.96. The van der Waals surface area contributed by atoms with Crippen LogP contribution < -0.4 is 0 Å². The van der Waals surface area contributed by atoms with Crippen LogP contribution in [-0.4, -0.2) is 40.9 Å². The minimum Gasteiger partial charge on any atom is -0.395 e. The van der Waals surface area contributed by atoms with Crippen LogP contribution >= 0.6 is 0 Å². The van der Waals surface area contributed by atoms with E-state index in [9.17, 15) is 5.11 Å². The zero-order valence-electron chi connectivity index (χ0n) is 11.2. The predicted molar refractivity (Wildman–Crippen MR) is 75.5 cm³/mol. The van der Waals surface area contributed by atoms with E-state index in [2.05, 4.69) is 22.8 Å². The molecule has 0 spiro atoms. The minimum absolute atomic E-state index is 0.105. The number of rotatable bonds is 3. The Morgan fingerprint density at radius 3 is 2.95 bits per heavy atom. The van der Waals surface area contributed by atoms with Gasteiger partial charge in [0.25, 0.3) is 0 Å². The van der Waals surface area contributed by atoms with Crippen molar-refractivity contribution in [2.45, 2.75) is 31.9 Å². The average Bonchev–Trinajstić information content (AvgIpc) is 2.41. The second kappa shape index (κ2) is 7.30. The largest absolute Gasteiger partial charge is 0.395 e. The summed E-state index contributed by atoms with van der Waals surface area (Å²) in [5.74, 6) is 6.09. The van der Waals surface area contributed by atoms with E-state index < -0.39 is 0 Å². The summed E-state index contributed by atoms with van der Waals surface area (Å²) in [7, 11) is 0. The number of β-amino-alcohol motifs (C(OH)–C–C–N with tert-alkyl or cyclic N) is 1. The van der Waals surface area contributed by atoms with Crippen LogP contribution in [-0.2, 0) is 6.54 Å². The maximum atomic E-state index is 9.70. The Labute approximate surface area is 114 Å². The third-order valence-electron chi connectivity index (χ3n) is 3.35. The van der Waals surface area contributed by atoms with Gasteiger partial charge in [-0.2, -0.15) is 0 Å². The lowest BCUT2D eigenvalue weighted by Gasteiger charge is -2.30. The number of hydrogen-bond acceptors (Lipinski definition) is 3. The molecule has 0 amide bonds. The third-order valence-corrected chi connectivity index (χ3v) is 3.35. The molecule has 1 aromatic carbocycles. The molecular weight excluding hydrogens is 238 g/mol. The molecule has 2 N–H and O–H groups in total. The number of nitrogens with zero attached hydrogens (tertiary/aromatic N) is 1. The van der Waals surface area contributed by atoms with Gasteiger partial charge in [-0.15, -0.1) is 0 Å². The number of aliphatic hydroxyl groups excluding tert-OH is 2. The summed E-state index contributed by atoms with van der Waals surface area (Å²) in [6.45, 7) is 2.72. The average molecular weight is 259 g/mol. The van der Waals surface area contributed by atoms with E-state index >= 15 is 0 Å². The molecule has 1 aromatic rings. The van der Waals surface area contributed by atoms with E-state index in [0.717, 1.165) is 38.0 Å². The fourth-order valence-electron chi connectivity index (χ4n) is 2.41. The molecule has 0 aliphatic carbocycles. The molecule has 1 unspecified atom stereocenters. The van der Waals surface area contributed by atoms with Crippen LogP contribution in [0.25, 0.3) is 0 Å². The molecule has 0 bridgehead atoms. The number of hydrogen-bond donors (Lipinski definition) is 2. The van der Waals surface area contributed by atoms with Crippen LogP contribution in [0, 0.1) is 11.8 Å². The Balaban J connectivity index is 2.05. The van der Waals surface area contributed by atoms with Crippen molar-refractivity contribution in [2.75, 3.05) is 19.7 Å².